The Kier molecular flexibility index (Phi) is 2.10. The molecule has 0 spiro atoms. The maximum atomic E-state index is 14.5. The summed E-state index contributed by atoms with van der Waals surface area (Å²) < 4.78 is 19.6. The monoisotopic (exact) mass is 221 g/mol. The summed E-state index contributed by atoms with van der Waals surface area (Å²) in [6, 6.07) is 7.65. The third kappa shape index (κ3) is 1.55. The molecule has 1 aliphatic heterocycles. The van der Waals surface area contributed by atoms with E-state index < -0.39 is 5.67 Å². The van der Waals surface area contributed by atoms with E-state index in [4.69, 9.17) is 10.5 Å². The van der Waals surface area contributed by atoms with Gasteiger partial charge in [0.15, 0.2) is 5.67 Å². The molecule has 1 saturated carbocycles. The second-order valence-electron chi connectivity index (χ2n) is 5.00. The normalized spacial score (nSPS) is 31.6. The molecule has 1 aliphatic carbocycles. The lowest BCUT2D eigenvalue weighted by molar-refractivity contribution is 0.112. The number of alkyl halides is 1. The SMILES string of the molecule is NC1(c2cccc(C3(F)CCOC3)c2)CC1. The van der Waals surface area contributed by atoms with Gasteiger partial charge in [-0.1, -0.05) is 24.3 Å². The Morgan fingerprint density at radius 2 is 1.94 bits per heavy atom. The summed E-state index contributed by atoms with van der Waals surface area (Å²) in [5.41, 5.74) is 6.42. The molecule has 1 saturated heterocycles. The molecule has 1 aromatic rings. The number of hydrogen-bond donors (Lipinski definition) is 1. The molecule has 0 amide bonds. The lowest BCUT2D eigenvalue weighted by atomic mass is 9.91. The van der Waals surface area contributed by atoms with E-state index in [9.17, 15) is 4.39 Å². The topological polar surface area (TPSA) is 35.2 Å². The third-order valence-electron chi connectivity index (χ3n) is 3.72. The Labute approximate surface area is 94.6 Å². The largest absolute Gasteiger partial charge is 0.378 e. The van der Waals surface area contributed by atoms with Crippen molar-refractivity contribution in [3.63, 3.8) is 0 Å². The van der Waals surface area contributed by atoms with Crippen molar-refractivity contribution in [2.75, 3.05) is 13.2 Å². The van der Waals surface area contributed by atoms with Crippen LogP contribution in [0, 0.1) is 0 Å². The number of benzene rings is 1. The van der Waals surface area contributed by atoms with E-state index in [0.717, 1.165) is 24.0 Å². The van der Waals surface area contributed by atoms with E-state index in [1.54, 1.807) is 0 Å². The van der Waals surface area contributed by atoms with E-state index in [1.807, 2.05) is 24.3 Å². The smallest absolute Gasteiger partial charge is 0.161 e. The predicted molar refractivity (Wildman–Crippen MR) is 59.8 cm³/mol. The zero-order chi connectivity index (χ0) is 11.2. The highest BCUT2D eigenvalue weighted by Crippen LogP contribution is 2.44. The fourth-order valence-corrected chi connectivity index (χ4v) is 2.30. The first-order chi connectivity index (χ1) is 7.62. The van der Waals surface area contributed by atoms with Crippen LogP contribution in [0.1, 0.15) is 30.4 Å². The minimum atomic E-state index is -1.30. The molecule has 2 fully saturated rings. The molecule has 0 aromatic heterocycles. The average Bonchev–Trinajstić information content (AvgIpc) is 2.89. The van der Waals surface area contributed by atoms with Crippen molar-refractivity contribution >= 4 is 0 Å². The van der Waals surface area contributed by atoms with Crippen molar-refractivity contribution in [1.82, 2.24) is 0 Å². The van der Waals surface area contributed by atoms with Gasteiger partial charge in [0.05, 0.1) is 13.2 Å². The Hall–Kier alpha value is -0.930. The van der Waals surface area contributed by atoms with Crippen molar-refractivity contribution in [2.45, 2.75) is 30.5 Å². The number of hydrogen-bond acceptors (Lipinski definition) is 2. The minimum Gasteiger partial charge on any atom is -0.378 e. The van der Waals surface area contributed by atoms with Gasteiger partial charge in [-0.15, -0.1) is 0 Å². The van der Waals surface area contributed by atoms with E-state index >= 15 is 0 Å². The maximum absolute atomic E-state index is 14.5. The number of rotatable bonds is 2. The van der Waals surface area contributed by atoms with Crippen LogP contribution in [0.25, 0.3) is 0 Å². The van der Waals surface area contributed by atoms with Crippen molar-refractivity contribution in [3.8, 4) is 0 Å². The van der Waals surface area contributed by atoms with Crippen molar-refractivity contribution in [1.29, 1.82) is 0 Å². The van der Waals surface area contributed by atoms with Crippen LogP contribution in [0.3, 0.4) is 0 Å². The molecule has 2 aliphatic rings. The highest BCUT2D eigenvalue weighted by atomic mass is 19.1. The van der Waals surface area contributed by atoms with E-state index in [0.29, 0.717) is 13.0 Å². The molecular formula is C13H16FNO. The molecule has 1 heterocycles. The first-order valence-corrected chi connectivity index (χ1v) is 5.79. The lowest BCUT2D eigenvalue weighted by Gasteiger charge is -2.20. The quantitative estimate of drug-likeness (QED) is 0.831. The molecule has 2 N–H and O–H groups in total. The van der Waals surface area contributed by atoms with Crippen LogP contribution in [0.4, 0.5) is 4.39 Å². The van der Waals surface area contributed by atoms with Crippen LogP contribution in [0.2, 0.25) is 0 Å². The van der Waals surface area contributed by atoms with Crippen LogP contribution in [0.15, 0.2) is 24.3 Å². The van der Waals surface area contributed by atoms with Crippen LogP contribution in [0.5, 0.6) is 0 Å². The first-order valence-electron chi connectivity index (χ1n) is 5.79. The number of nitrogens with two attached hydrogens (primary N) is 1. The van der Waals surface area contributed by atoms with E-state index in [1.165, 1.54) is 0 Å². The van der Waals surface area contributed by atoms with Gasteiger partial charge in [-0.2, -0.15) is 0 Å². The van der Waals surface area contributed by atoms with Crippen LogP contribution < -0.4 is 5.73 Å². The van der Waals surface area contributed by atoms with Gasteiger partial charge in [-0.05, 0) is 24.0 Å². The van der Waals surface area contributed by atoms with Crippen molar-refractivity contribution < 1.29 is 9.13 Å². The van der Waals surface area contributed by atoms with E-state index in [2.05, 4.69) is 0 Å². The van der Waals surface area contributed by atoms with Gasteiger partial charge in [-0.3, -0.25) is 0 Å². The summed E-state index contributed by atoms with van der Waals surface area (Å²) in [7, 11) is 0. The van der Waals surface area contributed by atoms with Gasteiger partial charge in [0, 0.05) is 12.0 Å². The molecule has 0 radical (unpaired) electrons. The molecule has 1 unspecified atom stereocenters. The summed E-state index contributed by atoms with van der Waals surface area (Å²) in [4.78, 5) is 0. The highest BCUT2D eigenvalue weighted by molar-refractivity contribution is 5.36. The maximum Gasteiger partial charge on any atom is 0.161 e. The van der Waals surface area contributed by atoms with Crippen LogP contribution in [-0.4, -0.2) is 13.2 Å². The van der Waals surface area contributed by atoms with Gasteiger partial charge in [0.25, 0.3) is 0 Å². The van der Waals surface area contributed by atoms with Crippen LogP contribution in [-0.2, 0) is 15.9 Å². The molecule has 3 heteroatoms. The first kappa shape index (κ1) is 10.2. The average molecular weight is 221 g/mol. The molecule has 1 aromatic carbocycles. The fraction of sp³-hybridized carbons (Fsp3) is 0.538. The van der Waals surface area contributed by atoms with Gasteiger partial charge in [0.2, 0.25) is 0 Å². The van der Waals surface area contributed by atoms with Gasteiger partial charge < -0.3 is 10.5 Å². The van der Waals surface area contributed by atoms with Gasteiger partial charge in [-0.25, -0.2) is 4.39 Å². The predicted octanol–water partition coefficient (Wildman–Crippen LogP) is 2.22. The molecule has 1 atom stereocenters. The summed E-state index contributed by atoms with van der Waals surface area (Å²) >= 11 is 0. The highest BCUT2D eigenvalue weighted by Gasteiger charge is 2.42. The van der Waals surface area contributed by atoms with Crippen molar-refractivity contribution in [3.05, 3.63) is 35.4 Å². The Balaban J connectivity index is 1.96. The Morgan fingerprint density at radius 1 is 1.19 bits per heavy atom. The Morgan fingerprint density at radius 3 is 2.56 bits per heavy atom. The summed E-state index contributed by atoms with van der Waals surface area (Å²) in [6.07, 6.45) is 2.46. The number of halogens is 1. The zero-order valence-electron chi connectivity index (χ0n) is 9.21. The van der Waals surface area contributed by atoms with Gasteiger partial charge in [0.1, 0.15) is 0 Å². The van der Waals surface area contributed by atoms with E-state index in [-0.39, 0.29) is 12.1 Å². The number of ether oxygens (including phenoxy) is 1. The second-order valence-corrected chi connectivity index (χ2v) is 5.00. The molecule has 3 rings (SSSR count). The molecule has 0 bridgehead atoms. The zero-order valence-corrected chi connectivity index (χ0v) is 9.21. The molecular weight excluding hydrogens is 205 g/mol. The molecule has 86 valence electrons. The lowest BCUT2D eigenvalue weighted by Crippen LogP contribution is -2.23. The Bertz CT molecular complexity index is 408. The molecule has 16 heavy (non-hydrogen) atoms. The second kappa shape index (κ2) is 3.28. The third-order valence-corrected chi connectivity index (χ3v) is 3.72. The van der Waals surface area contributed by atoms with Crippen LogP contribution >= 0.6 is 0 Å². The molecule has 2 nitrogen and oxygen atoms in total. The standard InChI is InChI=1S/C13H16FNO/c14-12(6-7-16-9-12)10-2-1-3-11(8-10)13(15)4-5-13/h1-3,8H,4-7,9,15H2. The summed E-state index contributed by atoms with van der Waals surface area (Å²) in [5.74, 6) is 0. The summed E-state index contributed by atoms with van der Waals surface area (Å²) in [6.45, 7) is 0.683. The van der Waals surface area contributed by atoms with Crippen molar-refractivity contribution in [2.24, 2.45) is 5.73 Å². The fourth-order valence-electron chi connectivity index (χ4n) is 2.30. The minimum absolute atomic E-state index is 0.175. The van der Waals surface area contributed by atoms with Gasteiger partial charge >= 0.3 is 0 Å². The summed E-state index contributed by atoms with van der Waals surface area (Å²) in [5, 5.41) is 0.